The first-order chi connectivity index (χ1) is 16.5. The molecule has 0 amide bonds. The van der Waals surface area contributed by atoms with E-state index in [4.69, 9.17) is 9.72 Å². The van der Waals surface area contributed by atoms with E-state index < -0.39 is 5.97 Å². The fourth-order valence-corrected chi connectivity index (χ4v) is 8.49. The molecule has 4 saturated carbocycles. The molecule has 2 N–H and O–H groups in total. The van der Waals surface area contributed by atoms with E-state index in [-0.39, 0.29) is 5.56 Å². The monoisotopic (exact) mass is 492 g/mol. The van der Waals surface area contributed by atoms with Crippen molar-refractivity contribution in [2.45, 2.75) is 49.0 Å². The lowest BCUT2D eigenvalue weighted by Crippen LogP contribution is -2.48. The van der Waals surface area contributed by atoms with Gasteiger partial charge in [-0.25, -0.2) is 9.78 Å². The number of hydrogen-bond donors (Lipinski definition) is 2. The van der Waals surface area contributed by atoms with Crippen molar-refractivity contribution in [2.24, 2.45) is 17.8 Å². The van der Waals surface area contributed by atoms with Gasteiger partial charge < -0.3 is 14.6 Å². The van der Waals surface area contributed by atoms with Crippen molar-refractivity contribution in [2.75, 3.05) is 11.8 Å². The zero-order valence-electron chi connectivity index (χ0n) is 19.1. The van der Waals surface area contributed by atoms with Crippen LogP contribution < -0.4 is 9.46 Å². The summed E-state index contributed by atoms with van der Waals surface area (Å²) in [6.07, 6.45) is 8.58. The van der Waals surface area contributed by atoms with Gasteiger partial charge in [-0.2, -0.15) is 0 Å². The molecule has 4 aliphatic rings. The van der Waals surface area contributed by atoms with Gasteiger partial charge in [0.05, 0.1) is 18.4 Å². The molecule has 0 unspecified atom stereocenters. The predicted octanol–water partition coefficient (Wildman–Crippen LogP) is 7.10. The van der Waals surface area contributed by atoms with Crippen LogP contribution in [-0.4, -0.2) is 23.2 Å². The van der Waals surface area contributed by atoms with E-state index in [1.54, 1.807) is 29.0 Å². The van der Waals surface area contributed by atoms with Crippen molar-refractivity contribution >= 4 is 34.9 Å². The molecule has 4 aliphatic carbocycles. The minimum atomic E-state index is -0.976. The van der Waals surface area contributed by atoms with E-state index in [9.17, 15) is 9.90 Å². The smallest absolute Gasteiger partial charge is 0.335 e. The zero-order chi connectivity index (χ0) is 23.3. The number of nitrogens with zero attached hydrogens (tertiary/aromatic N) is 1. The van der Waals surface area contributed by atoms with Gasteiger partial charge in [0, 0.05) is 22.9 Å². The van der Waals surface area contributed by atoms with Crippen molar-refractivity contribution in [3.63, 3.8) is 0 Å². The molecular formula is C27H28N2O3S2. The molecule has 176 valence electrons. The molecule has 3 aromatic rings. The third-order valence-corrected chi connectivity index (χ3v) is 9.76. The van der Waals surface area contributed by atoms with Crippen LogP contribution in [-0.2, 0) is 5.41 Å². The Kier molecular flexibility index (Phi) is 5.57. The van der Waals surface area contributed by atoms with Crippen molar-refractivity contribution in [1.29, 1.82) is 0 Å². The van der Waals surface area contributed by atoms with E-state index in [2.05, 4.69) is 29.0 Å². The summed E-state index contributed by atoms with van der Waals surface area (Å²) in [5.41, 5.74) is 4.04. The van der Waals surface area contributed by atoms with E-state index in [0.717, 1.165) is 33.4 Å². The summed E-state index contributed by atoms with van der Waals surface area (Å²) in [6.45, 7) is 0. The number of thiazole rings is 1. The summed E-state index contributed by atoms with van der Waals surface area (Å²) >= 11 is 3.03. The Balaban J connectivity index is 1.15. The van der Waals surface area contributed by atoms with Crippen molar-refractivity contribution in [1.82, 2.24) is 4.98 Å². The summed E-state index contributed by atoms with van der Waals surface area (Å²) < 4.78 is 8.58. The fourth-order valence-electron chi connectivity index (χ4n) is 6.88. The molecule has 0 saturated heterocycles. The first-order valence-electron chi connectivity index (χ1n) is 11.9. The Labute approximate surface area is 208 Å². The van der Waals surface area contributed by atoms with Gasteiger partial charge in [-0.1, -0.05) is 24.3 Å². The van der Waals surface area contributed by atoms with Crippen LogP contribution in [0.5, 0.6) is 5.75 Å². The molecule has 0 aliphatic heterocycles. The van der Waals surface area contributed by atoms with Gasteiger partial charge in [0.2, 0.25) is 0 Å². The van der Waals surface area contributed by atoms with Crippen LogP contribution in [0.15, 0.2) is 52.9 Å². The number of carbonyl (C=O) groups is 1. The van der Waals surface area contributed by atoms with E-state index >= 15 is 0 Å². The quantitative estimate of drug-likeness (QED) is 0.343. The van der Waals surface area contributed by atoms with Gasteiger partial charge in [-0.3, -0.25) is 0 Å². The van der Waals surface area contributed by atoms with Crippen LogP contribution in [0.25, 0.3) is 10.6 Å². The Morgan fingerprint density at radius 3 is 2.38 bits per heavy atom. The maximum atomic E-state index is 11.2. The molecule has 7 heteroatoms. The number of carboxylic acid groups (broad SMARTS) is 1. The average Bonchev–Trinajstić information content (AvgIpc) is 3.31. The minimum Gasteiger partial charge on any atom is -0.495 e. The first kappa shape index (κ1) is 22.0. The van der Waals surface area contributed by atoms with Gasteiger partial charge in [0.15, 0.2) is 0 Å². The molecule has 0 radical (unpaired) electrons. The summed E-state index contributed by atoms with van der Waals surface area (Å²) in [5.74, 6) is 2.38. The lowest BCUT2D eigenvalue weighted by Gasteiger charge is -2.57. The molecule has 0 atom stereocenters. The second kappa shape index (κ2) is 8.61. The van der Waals surface area contributed by atoms with Crippen LogP contribution in [0.2, 0.25) is 0 Å². The molecular weight excluding hydrogens is 464 g/mol. The number of hydrogen-bond acceptors (Lipinski definition) is 6. The average molecular weight is 493 g/mol. The number of aromatic nitrogens is 1. The Morgan fingerprint density at radius 1 is 1.09 bits per heavy atom. The van der Waals surface area contributed by atoms with E-state index in [0.29, 0.717) is 16.9 Å². The number of ether oxygens (including phenoxy) is 1. The van der Waals surface area contributed by atoms with Crippen LogP contribution in [0.3, 0.4) is 0 Å². The number of rotatable bonds is 7. The third-order valence-electron chi connectivity index (χ3n) is 7.98. The highest BCUT2D eigenvalue weighted by Crippen LogP contribution is 2.60. The lowest BCUT2D eigenvalue weighted by atomic mass is 9.48. The Hall–Kier alpha value is -2.51. The fraction of sp³-hybridized carbons (Fsp3) is 0.407. The van der Waals surface area contributed by atoms with Gasteiger partial charge >= 0.3 is 5.97 Å². The summed E-state index contributed by atoms with van der Waals surface area (Å²) in [5, 5.41) is 13.1. The van der Waals surface area contributed by atoms with E-state index in [1.807, 2.05) is 5.38 Å². The first-order valence-corrected chi connectivity index (χ1v) is 13.6. The highest BCUT2D eigenvalue weighted by Gasteiger charge is 2.51. The SMILES string of the molecule is COc1cc(C(=O)O)ccc1NSc1csc(-c2ccc(C34CC5CC(CC(C5)C3)C4)cc2)n1. The summed E-state index contributed by atoms with van der Waals surface area (Å²) in [6, 6.07) is 14.0. The number of anilines is 1. The molecule has 5 nitrogen and oxygen atoms in total. The molecule has 2 aromatic carbocycles. The minimum absolute atomic E-state index is 0.195. The van der Waals surface area contributed by atoms with Gasteiger partial charge in [0.25, 0.3) is 0 Å². The van der Waals surface area contributed by atoms with Crippen molar-refractivity contribution in [3.05, 3.63) is 59.0 Å². The molecule has 1 aromatic heterocycles. The number of aromatic carboxylic acids is 1. The summed E-state index contributed by atoms with van der Waals surface area (Å²) in [4.78, 5) is 16.0. The molecule has 4 bridgehead atoms. The highest BCUT2D eigenvalue weighted by atomic mass is 32.2. The second-order valence-electron chi connectivity index (χ2n) is 10.2. The number of nitrogens with one attached hydrogen (secondary N) is 1. The Morgan fingerprint density at radius 2 is 1.76 bits per heavy atom. The molecule has 0 spiro atoms. The van der Waals surface area contributed by atoms with Crippen LogP contribution in [0, 0.1) is 17.8 Å². The molecule has 34 heavy (non-hydrogen) atoms. The number of methoxy groups -OCH3 is 1. The van der Waals surface area contributed by atoms with Gasteiger partial charge in [0.1, 0.15) is 15.8 Å². The number of carboxylic acids is 1. The van der Waals surface area contributed by atoms with Crippen LogP contribution in [0.4, 0.5) is 5.69 Å². The second-order valence-corrected chi connectivity index (χ2v) is 11.9. The van der Waals surface area contributed by atoms with E-state index in [1.165, 1.54) is 63.6 Å². The molecule has 1 heterocycles. The number of benzene rings is 2. The van der Waals surface area contributed by atoms with Crippen LogP contribution >= 0.6 is 23.3 Å². The maximum absolute atomic E-state index is 11.2. The topological polar surface area (TPSA) is 71.5 Å². The summed E-state index contributed by atoms with van der Waals surface area (Å²) in [7, 11) is 1.53. The molecule has 7 rings (SSSR count). The highest BCUT2D eigenvalue weighted by molar-refractivity contribution is 8.00. The predicted molar refractivity (Wildman–Crippen MR) is 137 cm³/mol. The Bertz CT molecular complexity index is 1190. The molecule has 4 fully saturated rings. The van der Waals surface area contributed by atoms with Gasteiger partial charge in [-0.15, -0.1) is 11.3 Å². The van der Waals surface area contributed by atoms with Crippen molar-refractivity contribution < 1.29 is 14.6 Å². The zero-order valence-corrected chi connectivity index (χ0v) is 20.8. The largest absolute Gasteiger partial charge is 0.495 e. The lowest BCUT2D eigenvalue weighted by molar-refractivity contribution is -0.00518. The van der Waals surface area contributed by atoms with Crippen LogP contribution in [0.1, 0.15) is 54.4 Å². The maximum Gasteiger partial charge on any atom is 0.335 e. The standard InChI is InChI=1S/C27H28N2O3S2/c1-32-23-11-20(26(30)31)4-7-22(23)29-34-24-15-33-25(28-24)19-2-5-21(6-3-19)27-12-16-8-17(13-27)10-18(9-16)14-27/h2-7,11,15-18,29H,8-10,12-14H2,1H3,(H,30,31). The van der Waals surface area contributed by atoms with Gasteiger partial charge in [-0.05, 0) is 85.5 Å². The normalized spacial score (nSPS) is 27.0. The van der Waals surface area contributed by atoms with Crippen molar-refractivity contribution in [3.8, 4) is 16.3 Å². The third kappa shape index (κ3) is 3.99.